The average molecular weight is 605 g/mol. The van der Waals surface area contributed by atoms with Crippen LogP contribution < -0.4 is 15.0 Å². The lowest BCUT2D eigenvalue weighted by Gasteiger charge is -2.21. The number of anilines is 1. The molecule has 1 aromatic carbocycles. The maximum absolute atomic E-state index is 12.3. The number of aryl methyl sites for hydroxylation is 1. The van der Waals surface area contributed by atoms with Crippen molar-refractivity contribution in [2.24, 2.45) is 0 Å². The third-order valence-corrected chi connectivity index (χ3v) is 6.38. The standard InChI is InChI=1S/C20H16BrCl2F3N4O3.ClH/c1-10-17(21)30-7-3-4-14(18(30)28-10)33-9-11-12(22)5-6-13(16(11)23)29(2)15(31)8-27-19(32)20(24,25)26;/h3-7H,8-9H2,1-2H3,(H,27,32);1H. The number of alkyl halides is 3. The van der Waals surface area contributed by atoms with Crippen molar-refractivity contribution in [3.63, 3.8) is 0 Å². The fraction of sp³-hybridized carbons (Fsp3) is 0.250. The molecule has 2 amide bonds. The molecule has 0 bridgehead atoms. The van der Waals surface area contributed by atoms with E-state index in [0.717, 1.165) is 15.2 Å². The molecule has 7 nitrogen and oxygen atoms in total. The molecule has 184 valence electrons. The predicted octanol–water partition coefficient (Wildman–Crippen LogP) is 5.35. The van der Waals surface area contributed by atoms with Gasteiger partial charge in [0.25, 0.3) is 0 Å². The molecular formula is C20H17BrCl3F3N4O3. The highest BCUT2D eigenvalue weighted by molar-refractivity contribution is 9.10. The van der Waals surface area contributed by atoms with E-state index < -0.39 is 24.5 Å². The summed E-state index contributed by atoms with van der Waals surface area (Å²) in [5.74, 6) is -2.56. The molecule has 2 heterocycles. The molecule has 2 aromatic heterocycles. The zero-order valence-electron chi connectivity index (χ0n) is 17.5. The number of hydrogen-bond acceptors (Lipinski definition) is 4. The summed E-state index contributed by atoms with van der Waals surface area (Å²) in [5.41, 5.74) is 1.88. The number of hydrogen-bond donors (Lipinski definition) is 1. The van der Waals surface area contributed by atoms with E-state index in [0.29, 0.717) is 17.0 Å². The van der Waals surface area contributed by atoms with Crippen LogP contribution in [0.15, 0.2) is 35.1 Å². The SMILES string of the molecule is Cc1nc2c(OCc3c(Cl)ccc(N(C)C(=O)CNC(=O)C(F)(F)F)c3Cl)cccn2c1Br.Cl. The molecule has 0 saturated carbocycles. The van der Waals surface area contributed by atoms with E-state index in [4.69, 9.17) is 27.9 Å². The molecule has 0 atom stereocenters. The zero-order chi connectivity index (χ0) is 24.5. The summed E-state index contributed by atoms with van der Waals surface area (Å²) in [6, 6.07) is 6.41. The van der Waals surface area contributed by atoms with Crippen molar-refractivity contribution in [3.05, 3.63) is 56.4 Å². The van der Waals surface area contributed by atoms with Crippen LogP contribution in [0.4, 0.5) is 18.9 Å². The average Bonchev–Trinajstić information content (AvgIpc) is 3.05. The van der Waals surface area contributed by atoms with E-state index in [1.54, 1.807) is 16.5 Å². The molecule has 0 aliphatic carbocycles. The number of ether oxygens (including phenoxy) is 1. The van der Waals surface area contributed by atoms with Gasteiger partial charge >= 0.3 is 12.1 Å². The number of pyridine rings is 1. The molecule has 0 aliphatic rings. The molecule has 0 unspecified atom stereocenters. The van der Waals surface area contributed by atoms with E-state index in [1.807, 2.05) is 13.1 Å². The van der Waals surface area contributed by atoms with Gasteiger partial charge < -0.3 is 15.0 Å². The van der Waals surface area contributed by atoms with Gasteiger partial charge in [0.2, 0.25) is 5.91 Å². The van der Waals surface area contributed by atoms with Crippen molar-refractivity contribution < 1.29 is 27.5 Å². The molecule has 14 heteroatoms. The van der Waals surface area contributed by atoms with Crippen LogP contribution in [0, 0.1) is 6.92 Å². The van der Waals surface area contributed by atoms with Gasteiger partial charge in [-0.05, 0) is 47.1 Å². The van der Waals surface area contributed by atoms with Gasteiger partial charge in [0.05, 0.1) is 22.9 Å². The molecule has 0 radical (unpaired) electrons. The Morgan fingerprint density at radius 2 is 1.94 bits per heavy atom. The number of rotatable bonds is 6. The molecule has 34 heavy (non-hydrogen) atoms. The van der Waals surface area contributed by atoms with Crippen molar-refractivity contribution in [3.8, 4) is 5.75 Å². The normalized spacial score (nSPS) is 11.2. The van der Waals surface area contributed by atoms with E-state index in [9.17, 15) is 22.8 Å². The quantitative estimate of drug-likeness (QED) is 0.412. The fourth-order valence-electron chi connectivity index (χ4n) is 2.88. The van der Waals surface area contributed by atoms with Crippen LogP contribution in [-0.2, 0) is 16.2 Å². The van der Waals surface area contributed by atoms with Crippen molar-refractivity contribution >= 4 is 74.7 Å². The highest BCUT2D eigenvalue weighted by atomic mass is 79.9. The summed E-state index contributed by atoms with van der Waals surface area (Å²) in [7, 11) is 1.31. The number of imidazole rings is 1. The number of halogens is 7. The number of aromatic nitrogens is 2. The summed E-state index contributed by atoms with van der Waals surface area (Å²) in [6.07, 6.45) is -3.28. The van der Waals surface area contributed by atoms with Crippen LogP contribution in [0.25, 0.3) is 5.65 Å². The molecule has 0 fully saturated rings. The van der Waals surface area contributed by atoms with Crippen LogP contribution in [0.1, 0.15) is 11.3 Å². The summed E-state index contributed by atoms with van der Waals surface area (Å²) >= 11 is 16.2. The summed E-state index contributed by atoms with van der Waals surface area (Å²) < 4.78 is 45.5. The number of nitrogens with zero attached hydrogens (tertiary/aromatic N) is 3. The number of amides is 2. The van der Waals surface area contributed by atoms with E-state index in [1.165, 1.54) is 24.5 Å². The second-order valence-corrected chi connectivity index (χ2v) is 8.37. The van der Waals surface area contributed by atoms with Crippen molar-refractivity contribution in [1.29, 1.82) is 0 Å². The minimum absolute atomic E-state index is 0. The number of nitrogens with one attached hydrogen (secondary N) is 1. The third-order valence-electron chi connectivity index (χ3n) is 4.65. The predicted molar refractivity (Wildman–Crippen MR) is 128 cm³/mol. The van der Waals surface area contributed by atoms with Gasteiger partial charge in [0.15, 0.2) is 11.4 Å². The van der Waals surface area contributed by atoms with Gasteiger partial charge in [0, 0.05) is 23.8 Å². The van der Waals surface area contributed by atoms with Crippen LogP contribution in [0.3, 0.4) is 0 Å². The summed E-state index contributed by atoms with van der Waals surface area (Å²) in [4.78, 5) is 28.7. The Morgan fingerprint density at radius 1 is 1.26 bits per heavy atom. The van der Waals surface area contributed by atoms with Crippen molar-refractivity contribution in [1.82, 2.24) is 14.7 Å². The first kappa shape index (κ1) is 28.0. The van der Waals surface area contributed by atoms with E-state index >= 15 is 0 Å². The van der Waals surface area contributed by atoms with E-state index in [-0.39, 0.29) is 34.7 Å². The minimum Gasteiger partial charge on any atom is -0.485 e. The number of carbonyl (C=O) groups excluding carboxylic acids is 2. The van der Waals surface area contributed by atoms with Gasteiger partial charge in [-0.3, -0.25) is 14.0 Å². The van der Waals surface area contributed by atoms with Crippen molar-refractivity contribution in [2.75, 3.05) is 18.5 Å². The zero-order valence-corrected chi connectivity index (χ0v) is 21.5. The fourth-order valence-corrected chi connectivity index (χ4v) is 3.86. The highest BCUT2D eigenvalue weighted by Crippen LogP contribution is 2.35. The Hall–Kier alpha value is -2.21. The smallest absolute Gasteiger partial charge is 0.471 e. The number of carbonyl (C=O) groups is 2. The van der Waals surface area contributed by atoms with Gasteiger partial charge in [-0.15, -0.1) is 12.4 Å². The summed E-state index contributed by atoms with van der Waals surface area (Å²) in [6.45, 7) is 0.902. The topological polar surface area (TPSA) is 75.9 Å². The minimum atomic E-state index is -5.09. The highest BCUT2D eigenvalue weighted by Gasteiger charge is 2.38. The Labute approximate surface area is 216 Å². The number of fused-ring (bicyclic) bond motifs is 1. The van der Waals surface area contributed by atoms with Gasteiger partial charge in [-0.1, -0.05) is 23.2 Å². The maximum atomic E-state index is 12.3. The second-order valence-electron chi connectivity index (χ2n) is 6.83. The van der Waals surface area contributed by atoms with E-state index in [2.05, 4.69) is 20.9 Å². The largest absolute Gasteiger partial charge is 0.485 e. The first-order valence-corrected chi connectivity index (χ1v) is 10.8. The van der Waals surface area contributed by atoms with Gasteiger partial charge in [-0.2, -0.15) is 13.2 Å². The lowest BCUT2D eigenvalue weighted by molar-refractivity contribution is -0.173. The Bertz CT molecular complexity index is 1240. The van der Waals surface area contributed by atoms with Crippen LogP contribution in [0.5, 0.6) is 5.75 Å². The number of benzene rings is 1. The first-order valence-electron chi connectivity index (χ1n) is 9.26. The molecule has 3 rings (SSSR count). The second kappa shape index (κ2) is 11.0. The lowest BCUT2D eigenvalue weighted by atomic mass is 10.2. The molecule has 0 saturated heterocycles. The third kappa shape index (κ3) is 5.88. The van der Waals surface area contributed by atoms with Crippen LogP contribution in [0.2, 0.25) is 10.0 Å². The number of likely N-dealkylation sites (N-methyl/N-ethyl adjacent to an activating group) is 1. The Kier molecular flexibility index (Phi) is 9.09. The molecule has 1 N–H and O–H groups in total. The lowest BCUT2D eigenvalue weighted by Crippen LogP contribution is -2.43. The molecule has 0 spiro atoms. The van der Waals surface area contributed by atoms with Gasteiger partial charge in [-0.25, -0.2) is 4.98 Å². The Morgan fingerprint density at radius 3 is 2.59 bits per heavy atom. The molecule has 0 aliphatic heterocycles. The monoisotopic (exact) mass is 602 g/mol. The van der Waals surface area contributed by atoms with Gasteiger partial charge in [0.1, 0.15) is 11.2 Å². The maximum Gasteiger partial charge on any atom is 0.471 e. The molecule has 3 aromatic rings. The van der Waals surface area contributed by atoms with Crippen molar-refractivity contribution in [2.45, 2.75) is 19.7 Å². The van der Waals surface area contributed by atoms with Crippen LogP contribution >= 0.6 is 51.5 Å². The first-order chi connectivity index (χ1) is 15.4. The molecular weight excluding hydrogens is 588 g/mol. The Balaban J connectivity index is 0.00000408. The van der Waals surface area contributed by atoms with Crippen LogP contribution in [-0.4, -0.2) is 41.0 Å². The summed E-state index contributed by atoms with van der Waals surface area (Å²) in [5, 5.41) is 1.87.